The Morgan fingerprint density at radius 3 is 2.89 bits per heavy atom. The fourth-order valence-corrected chi connectivity index (χ4v) is 2.14. The van der Waals surface area contributed by atoms with E-state index in [2.05, 4.69) is 10.6 Å². The first kappa shape index (κ1) is 16.4. The zero-order chi connectivity index (χ0) is 13.9. The standard InChI is InChI=1S/C14H28N2O3/c1-12(11-17)3-2-7-16-14(18)6-10-19-13-4-8-15-9-5-13/h12-13,15,17H,2-11H2,1H3,(H,16,18). The van der Waals surface area contributed by atoms with Gasteiger partial charge in [-0.25, -0.2) is 0 Å². The van der Waals surface area contributed by atoms with Gasteiger partial charge in [-0.2, -0.15) is 0 Å². The van der Waals surface area contributed by atoms with Gasteiger partial charge in [-0.15, -0.1) is 0 Å². The van der Waals surface area contributed by atoms with Crippen LogP contribution in [0.5, 0.6) is 0 Å². The average Bonchev–Trinajstić information content (AvgIpc) is 2.44. The summed E-state index contributed by atoms with van der Waals surface area (Å²) < 4.78 is 5.68. The molecule has 5 nitrogen and oxygen atoms in total. The summed E-state index contributed by atoms with van der Waals surface area (Å²) >= 11 is 0. The van der Waals surface area contributed by atoms with E-state index in [1.165, 1.54) is 0 Å². The SMILES string of the molecule is CC(CO)CCCNC(=O)CCOC1CCNCC1. The molecular weight excluding hydrogens is 244 g/mol. The third kappa shape index (κ3) is 8.18. The van der Waals surface area contributed by atoms with Gasteiger partial charge in [-0.3, -0.25) is 4.79 Å². The molecule has 1 aliphatic rings. The van der Waals surface area contributed by atoms with Gasteiger partial charge in [-0.1, -0.05) is 6.92 Å². The molecule has 1 fully saturated rings. The quantitative estimate of drug-likeness (QED) is 0.540. The first-order valence-corrected chi connectivity index (χ1v) is 7.42. The molecule has 19 heavy (non-hydrogen) atoms. The molecule has 112 valence electrons. The Labute approximate surface area is 116 Å². The number of rotatable bonds is 9. The first-order valence-electron chi connectivity index (χ1n) is 7.42. The van der Waals surface area contributed by atoms with E-state index in [0.29, 0.717) is 31.6 Å². The molecule has 3 N–H and O–H groups in total. The van der Waals surface area contributed by atoms with E-state index >= 15 is 0 Å². The van der Waals surface area contributed by atoms with Crippen LogP contribution in [0.4, 0.5) is 0 Å². The normalized spacial score (nSPS) is 18.2. The monoisotopic (exact) mass is 272 g/mol. The molecule has 0 aromatic carbocycles. The average molecular weight is 272 g/mol. The van der Waals surface area contributed by atoms with Gasteiger partial charge in [0, 0.05) is 19.6 Å². The van der Waals surface area contributed by atoms with Crippen molar-refractivity contribution in [1.29, 1.82) is 0 Å². The Bertz CT molecular complexity index is 243. The third-order valence-corrected chi connectivity index (χ3v) is 3.48. The number of carbonyl (C=O) groups excluding carboxylic acids is 1. The van der Waals surface area contributed by atoms with E-state index < -0.39 is 0 Å². The van der Waals surface area contributed by atoms with Crippen molar-refractivity contribution in [3.8, 4) is 0 Å². The predicted octanol–water partition coefficient (Wildman–Crippen LogP) is 0.670. The highest BCUT2D eigenvalue weighted by Crippen LogP contribution is 2.07. The molecule has 0 aromatic heterocycles. The van der Waals surface area contributed by atoms with Crippen molar-refractivity contribution >= 4 is 5.91 Å². The largest absolute Gasteiger partial charge is 0.396 e. The zero-order valence-electron chi connectivity index (χ0n) is 12.0. The van der Waals surface area contributed by atoms with Crippen LogP contribution in [0.3, 0.4) is 0 Å². The maximum Gasteiger partial charge on any atom is 0.222 e. The van der Waals surface area contributed by atoms with Gasteiger partial charge in [0.2, 0.25) is 5.91 Å². The van der Waals surface area contributed by atoms with E-state index in [0.717, 1.165) is 38.8 Å². The minimum absolute atomic E-state index is 0.0607. The number of carbonyl (C=O) groups is 1. The van der Waals surface area contributed by atoms with Gasteiger partial charge in [0.1, 0.15) is 0 Å². The molecule has 0 spiro atoms. The second-order valence-corrected chi connectivity index (χ2v) is 5.35. The van der Waals surface area contributed by atoms with Crippen LogP contribution in [0, 0.1) is 5.92 Å². The van der Waals surface area contributed by atoms with Gasteiger partial charge < -0.3 is 20.5 Å². The van der Waals surface area contributed by atoms with Crippen LogP contribution in [-0.2, 0) is 9.53 Å². The lowest BCUT2D eigenvalue weighted by Crippen LogP contribution is -2.33. The summed E-state index contributed by atoms with van der Waals surface area (Å²) in [5.74, 6) is 0.380. The number of hydrogen-bond acceptors (Lipinski definition) is 4. The maximum atomic E-state index is 11.5. The lowest BCUT2D eigenvalue weighted by atomic mass is 10.1. The van der Waals surface area contributed by atoms with Crippen LogP contribution < -0.4 is 10.6 Å². The van der Waals surface area contributed by atoms with Crippen LogP contribution in [0.2, 0.25) is 0 Å². The minimum atomic E-state index is 0.0607. The van der Waals surface area contributed by atoms with E-state index in [4.69, 9.17) is 9.84 Å². The molecule has 1 saturated heterocycles. The molecule has 0 aromatic rings. The number of amides is 1. The van der Waals surface area contributed by atoms with Crippen molar-refractivity contribution in [3.63, 3.8) is 0 Å². The molecular formula is C14H28N2O3. The zero-order valence-corrected chi connectivity index (χ0v) is 12.0. The number of aliphatic hydroxyl groups excluding tert-OH is 1. The summed E-state index contributed by atoms with van der Waals surface area (Å²) in [7, 11) is 0. The molecule has 1 heterocycles. The van der Waals surface area contributed by atoms with Gasteiger partial charge in [-0.05, 0) is 44.7 Å². The highest BCUT2D eigenvalue weighted by molar-refractivity contribution is 5.75. The summed E-state index contributed by atoms with van der Waals surface area (Å²) in [6, 6.07) is 0. The number of hydrogen-bond donors (Lipinski definition) is 3. The van der Waals surface area contributed by atoms with Crippen molar-refractivity contribution in [2.45, 2.75) is 45.1 Å². The molecule has 1 amide bonds. The van der Waals surface area contributed by atoms with E-state index in [1.54, 1.807) is 0 Å². The van der Waals surface area contributed by atoms with Crippen molar-refractivity contribution in [1.82, 2.24) is 10.6 Å². The van der Waals surface area contributed by atoms with Crippen LogP contribution in [0.15, 0.2) is 0 Å². The van der Waals surface area contributed by atoms with Gasteiger partial charge in [0.05, 0.1) is 12.7 Å². The summed E-state index contributed by atoms with van der Waals surface area (Å²) in [5.41, 5.74) is 0. The van der Waals surface area contributed by atoms with E-state index in [9.17, 15) is 4.79 Å². The Hall–Kier alpha value is -0.650. The van der Waals surface area contributed by atoms with Crippen molar-refractivity contribution in [2.24, 2.45) is 5.92 Å². The van der Waals surface area contributed by atoms with Crippen LogP contribution in [-0.4, -0.2) is 50.0 Å². The van der Waals surface area contributed by atoms with Gasteiger partial charge in [0.25, 0.3) is 0 Å². The molecule has 0 radical (unpaired) electrons. The van der Waals surface area contributed by atoms with Gasteiger partial charge >= 0.3 is 0 Å². The maximum absolute atomic E-state index is 11.5. The number of aliphatic hydroxyl groups is 1. The predicted molar refractivity (Wildman–Crippen MR) is 75.0 cm³/mol. The second-order valence-electron chi connectivity index (χ2n) is 5.35. The Balaban J connectivity index is 1.92. The van der Waals surface area contributed by atoms with Gasteiger partial charge in [0.15, 0.2) is 0 Å². The topological polar surface area (TPSA) is 70.6 Å². The Kier molecular flexibility index (Phi) is 8.79. The lowest BCUT2D eigenvalue weighted by Gasteiger charge is -2.22. The van der Waals surface area contributed by atoms with Crippen LogP contribution in [0.25, 0.3) is 0 Å². The third-order valence-electron chi connectivity index (χ3n) is 3.48. The highest BCUT2D eigenvalue weighted by atomic mass is 16.5. The second kappa shape index (κ2) is 10.2. The smallest absolute Gasteiger partial charge is 0.222 e. The molecule has 1 aliphatic heterocycles. The number of ether oxygens (including phenoxy) is 1. The molecule has 0 aliphatic carbocycles. The molecule has 1 rings (SSSR count). The number of piperidine rings is 1. The highest BCUT2D eigenvalue weighted by Gasteiger charge is 2.13. The summed E-state index contributed by atoms with van der Waals surface area (Å²) in [5, 5.41) is 15.0. The fraction of sp³-hybridized carbons (Fsp3) is 0.929. The first-order chi connectivity index (χ1) is 9.22. The summed E-state index contributed by atoms with van der Waals surface area (Å²) in [6.07, 6.45) is 4.71. The molecule has 0 saturated carbocycles. The molecule has 0 bridgehead atoms. The van der Waals surface area contributed by atoms with E-state index in [-0.39, 0.29) is 12.5 Å². The summed E-state index contributed by atoms with van der Waals surface area (Å²) in [6.45, 7) is 5.46. The molecule has 1 atom stereocenters. The minimum Gasteiger partial charge on any atom is -0.396 e. The number of nitrogens with one attached hydrogen (secondary N) is 2. The molecule has 1 unspecified atom stereocenters. The van der Waals surface area contributed by atoms with Crippen LogP contribution >= 0.6 is 0 Å². The fourth-order valence-electron chi connectivity index (χ4n) is 2.14. The van der Waals surface area contributed by atoms with E-state index in [1.807, 2.05) is 6.92 Å². The Morgan fingerprint density at radius 2 is 2.21 bits per heavy atom. The Morgan fingerprint density at radius 1 is 1.47 bits per heavy atom. The van der Waals surface area contributed by atoms with Crippen LogP contribution in [0.1, 0.15) is 39.0 Å². The summed E-state index contributed by atoms with van der Waals surface area (Å²) in [4.78, 5) is 11.5. The van der Waals surface area contributed by atoms with Crippen molar-refractivity contribution in [3.05, 3.63) is 0 Å². The van der Waals surface area contributed by atoms with Crippen molar-refractivity contribution in [2.75, 3.05) is 32.8 Å². The lowest BCUT2D eigenvalue weighted by molar-refractivity contribution is -0.122. The van der Waals surface area contributed by atoms with Crippen molar-refractivity contribution < 1.29 is 14.6 Å². The molecule has 5 heteroatoms.